The van der Waals surface area contributed by atoms with Crippen LogP contribution in [-0.2, 0) is 14.3 Å². The molecule has 3 aliphatic rings. The third-order valence-electron chi connectivity index (χ3n) is 7.85. The molecule has 2 fully saturated rings. The summed E-state index contributed by atoms with van der Waals surface area (Å²) in [5.74, 6) is -1.00. The van der Waals surface area contributed by atoms with Gasteiger partial charge in [-0.1, -0.05) is 55.0 Å². The summed E-state index contributed by atoms with van der Waals surface area (Å²) in [6, 6.07) is 16.2. The molecule has 3 aliphatic carbocycles. The number of carbonyl (C=O) groups excluding carboxylic acids is 2. The van der Waals surface area contributed by atoms with Crippen molar-refractivity contribution in [1.82, 2.24) is 10.6 Å². The van der Waals surface area contributed by atoms with E-state index in [-0.39, 0.29) is 48.8 Å². The number of carbonyl (C=O) groups is 3. The van der Waals surface area contributed by atoms with E-state index in [1.165, 1.54) is 11.1 Å². The van der Waals surface area contributed by atoms with Gasteiger partial charge in [0.05, 0.1) is 5.92 Å². The summed E-state index contributed by atoms with van der Waals surface area (Å²) in [6.45, 7) is 0.247. The summed E-state index contributed by atoms with van der Waals surface area (Å²) in [5, 5.41) is 15.0. The van der Waals surface area contributed by atoms with Crippen LogP contribution in [0.25, 0.3) is 11.1 Å². The third kappa shape index (κ3) is 5.04. The van der Waals surface area contributed by atoms with Gasteiger partial charge in [0, 0.05) is 24.4 Å². The maximum Gasteiger partial charge on any atom is 0.407 e. The van der Waals surface area contributed by atoms with E-state index in [0.29, 0.717) is 6.42 Å². The van der Waals surface area contributed by atoms with E-state index in [4.69, 9.17) is 9.84 Å². The van der Waals surface area contributed by atoms with Gasteiger partial charge in [0.1, 0.15) is 6.61 Å². The SMILES string of the molecule is O=C(O)C[C@@H]1CC[C@H](NC(=O)C2CCCC2NC(=O)OCC2c3ccccc3-c3ccccc32)C1. The van der Waals surface area contributed by atoms with E-state index in [1.54, 1.807) is 0 Å². The Hall–Kier alpha value is -3.35. The molecule has 5 rings (SSSR count). The Balaban J connectivity index is 1.15. The molecule has 0 aromatic heterocycles. The number of carboxylic acids is 1. The number of hydrogen-bond acceptors (Lipinski definition) is 4. The summed E-state index contributed by atoms with van der Waals surface area (Å²) in [6.07, 6.45) is 4.35. The highest BCUT2D eigenvalue weighted by atomic mass is 16.5. The number of benzene rings is 2. The highest BCUT2D eigenvalue weighted by molar-refractivity contribution is 5.81. The van der Waals surface area contributed by atoms with Crippen molar-refractivity contribution in [3.63, 3.8) is 0 Å². The van der Waals surface area contributed by atoms with Crippen LogP contribution in [0.5, 0.6) is 0 Å². The topological polar surface area (TPSA) is 105 Å². The molecule has 2 saturated carbocycles. The molecule has 2 unspecified atom stereocenters. The van der Waals surface area contributed by atoms with Gasteiger partial charge in [-0.3, -0.25) is 9.59 Å². The summed E-state index contributed by atoms with van der Waals surface area (Å²) in [5.41, 5.74) is 4.69. The molecule has 2 aromatic rings. The number of amides is 2. The zero-order valence-electron chi connectivity index (χ0n) is 19.7. The lowest BCUT2D eigenvalue weighted by Gasteiger charge is -2.23. The zero-order chi connectivity index (χ0) is 24.4. The average molecular weight is 477 g/mol. The monoisotopic (exact) mass is 476 g/mol. The predicted molar refractivity (Wildman–Crippen MR) is 131 cm³/mol. The Morgan fingerprint density at radius 1 is 0.886 bits per heavy atom. The van der Waals surface area contributed by atoms with E-state index >= 15 is 0 Å². The maximum absolute atomic E-state index is 12.9. The van der Waals surface area contributed by atoms with Crippen LogP contribution in [0.3, 0.4) is 0 Å². The number of aliphatic carboxylic acids is 1. The van der Waals surface area contributed by atoms with Crippen molar-refractivity contribution in [2.75, 3.05) is 6.61 Å². The average Bonchev–Trinajstić information content (AvgIpc) is 3.55. The largest absolute Gasteiger partial charge is 0.481 e. The van der Waals surface area contributed by atoms with Gasteiger partial charge in [-0.2, -0.15) is 0 Å². The Labute approximate surface area is 205 Å². The standard InChI is InChI=1S/C28H32N2O5/c31-26(32)15-17-12-13-18(14-17)29-27(33)23-10-5-11-25(23)30-28(34)35-16-24-21-8-3-1-6-19(21)20-7-2-4-9-22(20)24/h1-4,6-9,17-18,23-25H,5,10-16H2,(H,29,33)(H,30,34)(H,31,32)/t17-,18+,23?,25?/m1/s1. The fourth-order valence-corrected chi connectivity index (χ4v) is 6.18. The quantitative estimate of drug-likeness (QED) is 0.548. The number of rotatable bonds is 7. The van der Waals surface area contributed by atoms with Crippen LogP contribution in [0.1, 0.15) is 62.0 Å². The van der Waals surface area contributed by atoms with Crippen molar-refractivity contribution < 1.29 is 24.2 Å². The van der Waals surface area contributed by atoms with Crippen molar-refractivity contribution in [2.45, 2.75) is 62.9 Å². The molecule has 0 spiro atoms. The Morgan fingerprint density at radius 2 is 1.57 bits per heavy atom. The number of nitrogens with one attached hydrogen (secondary N) is 2. The van der Waals surface area contributed by atoms with Crippen LogP contribution in [0.4, 0.5) is 4.79 Å². The van der Waals surface area contributed by atoms with Crippen LogP contribution >= 0.6 is 0 Å². The van der Waals surface area contributed by atoms with Gasteiger partial charge in [-0.15, -0.1) is 0 Å². The summed E-state index contributed by atoms with van der Waals surface area (Å²) >= 11 is 0. The summed E-state index contributed by atoms with van der Waals surface area (Å²) in [4.78, 5) is 36.6. The van der Waals surface area contributed by atoms with Crippen LogP contribution < -0.4 is 10.6 Å². The molecule has 2 aromatic carbocycles. The van der Waals surface area contributed by atoms with Gasteiger partial charge in [0.25, 0.3) is 0 Å². The number of alkyl carbamates (subject to hydrolysis) is 1. The normalized spacial score (nSPS) is 25.0. The first-order valence-corrected chi connectivity index (χ1v) is 12.6. The van der Waals surface area contributed by atoms with E-state index in [1.807, 2.05) is 24.3 Å². The smallest absolute Gasteiger partial charge is 0.407 e. The molecule has 7 nitrogen and oxygen atoms in total. The Kier molecular flexibility index (Phi) is 6.75. The molecule has 0 saturated heterocycles. The molecule has 0 heterocycles. The molecule has 35 heavy (non-hydrogen) atoms. The second kappa shape index (κ2) is 10.1. The molecule has 3 N–H and O–H groups in total. The van der Waals surface area contributed by atoms with Crippen LogP contribution in [0.15, 0.2) is 48.5 Å². The van der Waals surface area contributed by atoms with E-state index < -0.39 is 12.1 Å². The molecule has 4 atom stereocenters. The maximum atomic E-state index is 12.9. The second-order valence-electron chi connectivity index (χ2n) is 10.1. The predicted octanol–water partition coefficient (Wildman–Crippen LogP) is 4.45. The van der Waals surface area contributed by atoms with Gasteiger partial charge in [-0.25, -0.2) is 4.79 Å². The van der Waals surface area contributed by atoms with Gasteiger partial charge < -0.3 is 20.5 Å². The number of fused-ring (bicyclic) bond motifs is 3. The minimum atomic E-state index is -0.787. The molecule has 7 heteroatoms. The van der Waals surface area contributed by atoms with Gasteiger partial charge in [-0.05, 0) is 60.3 Å². The van der Waals surface area contributed by atoms with Gasteiger partial charge >= 0.3 is 12.1 Å². The lowest BCUT2D eigenvalue weighted by Crippen LogP contribution is -2.46. The van der Waals surface area contributed by atoms with Crippen molar-refractivity contribution >= 4 is 18.0 Å². The van der Waals surface area contributed by atoms with Crippen LogP contribution in [0.2, 0.25) is 0 Å². The molecular weight excluding hydrogens is 444 g/mol. The molecule has 0 radical (unpaired) electrons. The van der Waals surface area contributed by atoms with Crippen LogP contribution in [-0.4, -0.2) is 41.8 Å². The van der Waals surface area contributed by atoms with Crippen LogP contribution in [0, 0.1) is 11.8 Å². The molecule has 184 valence electrons. The van der Waals surface area contributed by atoms with Crippen molar-refractivity contribution in [3.05, 3.63) is 59.7 Å². The number of ether oxygens (including phenoxy) is 1. The first-order valence-electron chi connectivity index (χ1n) is 12.6. The van der Waals surface area contributed by atoms with E-state index in [0.717, 1.165) is 43.2 Å². The summed E-state index contributed by atoms with van der Waals surface area (Å²) in [7, 11) is 0. The zero-order valence-corrected chi connectivity index (χ0v) is 19.7. The first-order chi connectivity index (χ1) is 17.0. The number of carboxylic acid groups (broad SMARTS) is 1. The van der Waals surface area contributed by atoms with Crippen molar-refractivity contribution in [2.24, 2.45) is 11.8 Å². The highest BCUT2D eigenvalue weighted by Gasteiger charge is 2.37. The third-order valence-corrected chi connectivity index (χ3v) is 7.85. The lowest BCUT2D eigenvalue weighted by molar-refractivity contribution is -0.138. The molecular formula is C28H32N2O5. The highest BCUT2D eigenvalue weighted by Crippen LogP contribution is 2.44. The fraction of sp³-hybridized carbons (Fsp3) is 0.464. The second-order valence-corrected chi connectivity index (χ2v) is 10.1. The Bertz CT molecular complexity index is 1070. The molecule has 2 amide bonds. The summed E-state index contributed by atoms with van der Waals surface area (Å²) < 4.78 is 5.68. The first kappa shape index (κ1) is 23.4. The van der Waals surface area contributed by atoms with Crippen molar-refractivity contribution in [1.29, 1.82) is 0 Å². The molecule has 0 bridgehead atoms. The fourth-order valence-electron chi connectivity index (χ4n) is 6.18. The van der Waals surface area contributed by atoms with Gasteiger partial charge in [0.15, 0.2) is 0 Å². The minimum Gasteiger partial charge on any atom is -0.481 e. The van der Waals surface area contributed by atoms with Crippen molar-refractivity contribution in [3.8, 4) is 11.1 Å². The Morgan fingerprint density at radius 3 is 2.26 bits per heavy atom. The minimum absolute atomic E-state index is 0.00283. The lowest BCUT2D eigenvalue weighted by atomic mass is 9.98. The van der Waals surface area contributed by atoms with E-state index in [9.17, 15) is 14.4 Å². The van der Waals surface area contributed by atoms with Gasteiger partial charge in [0.2, 0.25) is 5.91 Å². The molecule has 0 aliphatic heterocycles. The van der Waals surface area contributed by atoms with E-state index in [2.05, 4.69) is 34.9 Å². The number of hydrogen-bond donors (Lipinski definition) is 3.